The number of benzene rings is 1. The van der Waals surface area contributed by atoms with Gasteiger partial charge in [0.2, 0.25) is 0 Å². The molecule has 0 aliphatic heterocycles. The van der Waals surface area contributed by atoms with E-state index in [1.165, 1.54) is 20.9 Å². The smallest absolute Gasteiger partial charge is 0.00513 e. The molecule has 0 radical (unpaired) electrons. The van der Waals surface area contributed by atoms with E-state index in [0.717, 1.165) is 18.4 Å². The van der Waals surface area contributed by atoms with Gasteiger partial charge in [0, 0.05) is 9.75 Å². The van der Waals surface area contributed by atoms with Crippen LogP contribution in [-0.2, 0) is 12.8 Å². The molecule has 0 fully saturated rings. The lowest BCUT2D eigenvalue weighted by molar-refractivity contribution is 0.981. The van der Waals surface area contributed by atoms with E-state index in [-0.39, 0.29) is 0 Å². The van der Waals surface area contributed by atoms with Crippen LogP contribution in [-0.4, -0.2) is 0 Å². The van der Waals surface area contributed by atoms with Gasteiger partial charge in [-0.15, -0.1) is 11.3 Å². The number of aryl methyl sites for hydroxylation is 3. The molecule has 1 aromatic carbocycles. The van der Waals surface area contributed by atoms with E-state index in [1.54, 1.807) is 0 Å². The van der Waals surface area contributed by atoms with Crippen molar-refractivity contribution in [2.45, 2.75) is 26.7 Å². The van der Waals surface area contributed by atoms with Crippen LogP contribution in [0, 0.1) is 6.92 Å². The van der Waals surface area contributed by atoms with Crippen molar-refractivity contribution in [2.24, 2.45) is 0 Å². The van der Waals surface area contributed by atoms with Crippen LogP contribution in [0.4, 0.5) is 0 Å². The summed E-state index contributed by atoms with van der Waals surface area (Å²) in [6.07, 6.45) is 2.27. The van der Waals surface area contributed by atoms with E-state index in [4.69, 9.17) is 0 Å². The highest BCUT2D eigenvalue weighted by Crippen LogP contribution is 2.18. The quantitative estimate of drug-likeness (QED) is 0.717. The Morgan fingerprint density at radius 1 is 1.06 bits per heavy atom. The first-order valence-corrected chi connectivity index (χ1v) is 6.77. The summed E-state index contributed by atoms with van der Waals surface area (Å²) >= 11 is 1.90. The molecule has 1 aromatic heterocycles. The van der Waals surface area contributed by atoms with Gasteiger partial charge in [0.15, 0.2) is 0 Å². The molecule has 0 N–H and O–H groups in total. The highest BCUT2D eigenvalue weighted by atomic mass is 32.1. The van der Waals surface area contributed by atoms with Crippen LogP contribution >= 0.6 is 11.3 Å². The fourth-order valence-corrected chi connectivity index (χ4v) is 2.73. The van der Waals surface area contributed by atoms with Crippen molar-refractivity contribution in [1.29, 1.82) is 0 Å². The van der Waals surface area contributed by atoms with E-state index < -0.39 is 0 Å². The summed E-state index contributed by atoms with van der Waals surface area (Å²) in [7, 11) is 0. The Morgan fingerprint density at radius 3 is 2.29 bits per heavy atom. The summed E-state index contributed by atoms with van der Waals surface area (Å²) in [5, 5.41) is 0. The zero-order valence-electron chi connectivity index (χ0n) is 10.5. The van der Waals surface area contributed by atoms with Crippen LogP contribution in [0.1, 0.15) is 27.8 Å². The lowest BCUT2D eigenvalue weighted by Crippen LogP contribution is -1.89. The van der Waals surface area contributed by atoms with Gasteiger partial charge < -0.3 is 0 Å². The molecule has 0 aliphatic carbocycles. The maximum atomic E-state index is 3.95. The van der Waals surface area contributed by atoms with Gasteiger partial charge >= 0.3 is 0 Å². The summed E-state index contributed by atoms with van der Waals surface area (Å²) < 4.78 is 0. The van der Waals surface area contributed by atoms with Gasteiger partial charge in [-0.25, -0.2) is 0 Å². The Balaban J connectivity index is 1.97. The minimum Gasteiger partial charge on any atom is -0.146 e. The lowest BCUT2D eigenvalue weighted by atomic mass is 10.0. The van der Waals surface area contributed by atoms with Crippen LogP contribution in [0.25, 0.3) is 5.57 Å². The molecular formula is C16H18S. The van der Waals surface area contributed by atoms with Gasteiger partial charge in [0.1, 0.15) is 0 Å². The molecule has 17 heavy (non-hydrogen) atoms. The first kappa shape index (κ1) is 12.1. The first-order valence-electron chi connectivity index (χ1n) is 5.95. The van der Waals surface area contributed by atoms with Gasteiger partial charge in [-0.3, -0.25) is 0 Å². The zero-order valence-corrected chi connectivity index (χ0v) is 11.3. The fourth-order valence-electron chi connectivity index (χ4n) is 1.84. The van der Waals surface area contributed by atoms with Gasteiger partial charge in [-0.1, -0.05) is 36.4 Å². The maximum Gasteiger partial charge on any atom is 0.00513 e. The molecule has 0 aliphatic rings. The van der Waals surface area contributed by atoms with Gasteiger partial charge in [-0.2, -0.15) is 0 Å². The second kappa shape index (κ2) is 5.33. The van der Waals surface area contributed by atoms with Gasteiger partial charge in [-0.05, 0) is 49.9 Å². The Kier molecular flexibility index (Phi) is 3.80. The normalized spacial score (nSPS) is 10.5. The highest BCUT2D eigenvalue weighted by molar-refractivity contribution is 7.11. The first-order chi connectivity index (χ1) is 8.15. The fraction of sp³-hybridized carbons (Fsp3) is 0.250. The molecule has 88 valence electrons. The SMILES string of the molecule is C=C(C)c1ccc(CCc2ccc(C)s2)cc1. The summed E-state index contributed by atoms with van der Waals surface area (Å²) in [6, 6.07) is 13.2. The number of rotatable bonds is 4. The van der Waals surface area contributed by atoms with Crippen LogP contribution in [0.2, 0.25) is 0 Å². The molecular weight excluding hydrogens is 224 g/mol. The number of hydrogen-bond acceptors (Lipinski definition) is 1. The average molecular weight is 242 g/mol. The molecule has 0 nitrogen and oxygen atoms in total. The highest BCUT2D eigenvalue weighted by Gasteiger charge is 1.99. The third kappa shape index (κ3) is 3.31. The molecule has 0 atom stereocenters. The molecule has 0 bridgehead atoms. The molecule has 2 rings (SSSR count). The largest absolute Gasteiger partial charge is 0.146 e. The van der Waals surface area contributed by atoms with Crippen molar-refractivity contribution < 1.29 is 0 Å². The van der Waals surface area contributed by atoms with Crippen molar-refractivity contribution in [1.82, 2.24) is 0 Å². The standard InChI is InChI=1S/C16H18S/c1-12(2)15-8-5-14(6-9-15)7-11-16-10-4-13(3)17-16/h4-6,8-10H,1,7,11H2,2-3H3. The third-order valence-corrected chi connectivity index (χ3v) is 3.96. The molecule has 1 heterocycles. The number of allylic oxidation sites excluding steroid dienone is 1. The molecule has 0 unspecified atom stereocenters. The molecule has 0 spiro atoms. The molecule has 1 heteroatoms. The summed E-state index contributed by atoms with van der Waals surface area (Å²) in [5.74, 6) is 0. The van der Waals surface area contributed by atoms with Gasteiger partial charge in [0.25, 0.3) is 0 Å². The van der Waals surface area contributed by atoms with Crippen molar-refractivity contribution >= 4 is 16.9 Å². The Labute approximate surface area is 108 Å². The maximum absolute atomic E-state index is 3.95. The molecule has 0 saturated carbocycles. The summed E-state index contributed by atoms with van der Waals surface area (Å²) in [5.41, 5.74) is 3.77. The van der Waals surface area contributed by atoms with Crippen LogP contribution in [0.15, 0.2) is 43.0 Å². The van der Waals surface area contributed by atoms with Crippen molar-refractivity contribution in [3.63, 3.8) is 0 Å². The van der Waals surface area contributed by atoms with Crippen LogP contribution in [0.5, 0.6) is 0 Å². The minimum absolute atomic E-state index is 1.12. The van der Waals surface area contributed by atoms with E-state index in [9.17, 15) is 0 Å². The number of hydrogen-bond donors (Lipinski definition) is 0. The molecule has 0 saturated heterocycles. The van der Waals surface area contributed by atoms with Crippen LogP contribution < -0.4 is 0 Å². The van der Waals surface area contributed by atoms with E-state index in [2.05, 4.69) is 49.9 Å². The molecule has 2 aromatic rings. The zero-order chi connectivity index (χ0) is 12.3. The Hall–Kier alpha value is -1.34. The van der Waals surface area contributed by atoms with E-state index in [0.29, 0.717) is 0 Å². The Morgan fingerprint density at radius 2 is 1.76 bits per heavy atom. The second-order valence-corrected chi connectivity index (χ2v) is 5.86. The van der Waals surface area contributed by atoms with Crippen LogP contribution in [0.3, 0.4) is 0 Å². The van der Waals surface area contributed by atoms with Crippen molar-refractivity contribution in [2.75, 3.05) is 0 Å². The predicted molar refractivity (Wildman–Crippen MR) is 77.6 cm³/mol. The predicted octanol–water partition coefficient (Wildman–Crippen LogP) is 4.87. The number of thiophene rings is 1. The summed E-state index contributed by atoms with van der Waals surface area (Å²) in [6.45, 7) is 8.16. The van der Waals surface area contributed by atoms with Gasteiger partial charge in [0.05, 0.1) is 0 Å². The van der Waals surface area contributed by atoms with Crippen molar-refractivity contribution in [3.8, 4) is 0 Å². The summed E-state index contributed by atoms with van der Waals surface area (Å²) in [4.78, 5) is 2.88. The molecule has 0 amide bonds. The van der Waals surface area contributed by atoms with E-state index in [1.807, 2.05) is 18.3 Å². The second-order valence-electron chi connectivity index (χ2n) is 4.49. The minimum atomic E-state index is 1.12. The Bertz CT molecular complexity index is 503. The lowest BCUT2D eigenvalue weighted by Gasteiger charge is -2.03. The third-order valence-electron chi connectivity index (χ3n) is 2.90. The topological polar surface area (TPSA) is 0 Å². The van der Waals surface area contributed by atoms with E-state index >= 15 is 0 Å². The monoisotopic (exact) mass is 242 g/mol. The van der Waals surface area contributed by atoms with Crippen molar-refractivity contribution in [3.05, 3.63) is 63.9 Å². The average Bonchev–Trinajstić information content (AvgIpc) is 2.73.